The smallest absolute Gasteiger partial charge is 0.219 e. The van der Waals surface area contributed by atoms with Crippen LogP contribution in [0, 0.1) is 18.6 Å². The van der Waals surface area contributed by atoms with Gasteiger partial charge in [0, 0.05) is 37.3 Å². The molecule has 116 valence electrons. The van der Waals surface area contributed by atoms with E-state index in [2.05, 4.69) is 5.32 Å². The van der Waals surface area contributed by atoms with E-state index in [4.69, 9.17) is 10.5 Å². The Balaban J connectivity index is 2.15. The predicted molar refractivity (Wildman–Crippen MR) is 74.5 cm³/mol. The molecule has 0 spiro atoms. The molecule has 1 amide bonds. The monoisotopic (exact) mass is 298 g/mol. The Morgan fingerprint density at radius 2 is 2.05 bits per heavy atom. The first-order valence-electron chi connectivity index (χ1n) is 6.98. The molecule has 1 aliphatic heterocycles. The lowest BCUT2D eigenvalue weighted by molar-refractivity contribution is -0.120. The number of nitrogens with one attached hydrogen (secondary N) is 1. The van der Waals surface area contributed by atoms with E-state index in [1.165, 1.54) is 12.1 Å². The highest BCUT2D eigenvalue weighted by Crippen LogP contribution is 2.26. The van der Waals surface area contributed by atoms with Crippen LogP contribution in [0.4, 0.5) is 8.78 Å². The van der Waals surface area contributed by atoms with Crippen molar-refractivity contribution in [2.45, 2.75) is 38.3 Å². The lowest BCUT2D eigenvalue weighted by Crippen LogP contribution is -2.51. The van der Waals surface area contributed by atoms with Gasteiger partial charge < -0.3 is 15.8 Å². The number of amides is 1. The highest BCUT2D eigenvalue weighted by Gasteiger charge is 2.34. The van der Waals surface area contributed by atoms with Gasteiger partial charge in [0.25, 0.3) is 0 Å². The maximum atomic E-state index is 14.0. The van der Waals surface area contributed by atoms with Gasteiger partial charge in [0.1, 0.15) is 11.6 Å². The van der Waals surface area contributed by atoms with Crippen LogP contribution >= 0.6 is 0 Å². The molecule has 0 radical (unpaired) electrons. The molecule has 1 aromatic rings. The third kappa shape index (κ3) is 3.77. The van der Waals surface area contributed by atoms with E-state index >= 15 is 0 Å². The Hall–Kier alpha value is -1.53. The highest BCUT2D eigenvalue weighted by atomic mass is 19.1. The fourth-order valence-electron chi connectivity index (χ4n) is 2.66. The fourth-order valence-corrected chi connectivity index (χ4v) is 2.66. The molecule has 1 fully saturated rings. The molecule has 21 heavy (non-hydrogen) atoms. The Labute approximate surface area is 122 Å². The molecule has 6 heteroatoms. The van der Waals surface area contributed by atoms with E-state index < -0.39 is 23.1 Å². The Morgan fingerprint density at radius 1 is 1.38 bits per heavy atom. The Morgan fingerprint density at radius 3 is 2.67 bits per heavy atom. The Kier molecular flexibility index (Phi) is 4.90. The molecule has 0 unspecified atom stereocenters. The number of carbonyl (C=O) groups excluding carboxylic acids is 1. The summed E-state index contributed by atoms with van der Waals surface area (Å²) >= 11 is 0. The van der Waals surface area contributed by atoms with Gasteiger partial charge in [0.05, 0.1) is 0 Å². The number of benzene rings is 1. The van der Waals surface area contributed by atoms with Gasteiger partial charge in [-0.2, -0.15) is 0 Å². The minimum Gasteiger partial charge on any atom is -0.381 e. The van der Waals surface area contributed by atoms with Crippen LogP contribution in [0.15, 0.2) is 12.1 Å². The van der Waals surface area contributed by atoms with E-state index in [9.17, 15) is 13.6 Å². The van der Waals surface area contributed by atoms with Crippen LogP contribution in [0.1, 0.15) is 30.4 Å². The number of carbonyl (C=O) groups is 1. The highest BCUT2D eigenvalue weighted by molar-refractivity contribution is 5.75. The summed E-state index contributed by atoms with van der Waals surface area (Å²) in [5.74, 6) is -1.58. The molecule has 3 N–H and O–H groups in total. The first kappa shape index (κ1) is 15.9. The maximum Gasteiger partial charge on any atom is 0.219 e. The quantitative estimate of drug-likeness (QED) is 0.871. The van der Waals surface area contributed by atoms with Crippen molar-refractivity contribution >= 4 is 5.91 Å². The van der Waals surface area contributed by atoms with Crippen LogP contribution in [0.25, 0.3) is 0 Å². The van der Waals surface area contributed by atoms with E-state index in [0.29, 0.717) is 31.6 Å². The SMILES string of the molecule is Cc1ccc(F)c(CNC2(CC(N)=O)CCOCC2)c1F. The molecule has 4 nitrogen and oxygen atoms in total. The zero-order valence-electron chi connectivity index (χ0n) is 12.0. The molecule has 0 aliphatic carbocycles. The van der Waals surface area contributed by atoms with Crippen LogP contribution in [0.2, 0.25) is 0 Å². The normalized spacial score (nSPS) is 17.7. The van der Waals surface area contributed by atoms with Gasteiger partial charge in [-0.05, 0) is 31.4 Å². The number of hydrogen-bond donors (Lipinski definition) is 2. The van der Waals surface area contributed by atoms with Crippen LogP contribution in [0.5, 0.6) is 0 Å². The molecule has 0 bridgehead atoms. The van der Waals surface area contributed by atoms with E-state index in [0.717, 1.165) is 0 Å². The van der Waals surface area contributed by atoms with Gasteiger partial charge in [-0.25, -0.2) is 8.78 Å². The number of halogens is 2. The fraction of sp³-hybridized carbons (Fsp3) is 0.533. The second-order valence-electron chi connectivity index (χ2n) is 5.55. The summed E-state index contributed by atoms with van der Waals surface area (Å²) in [7, 11) is 0. The minimum absolute atomic E-state index is 0.00895. The molecule has 1 aliphatic rings. The molecule has 1 heterocycles. The molecular weight excluding hydrogens is 278 g/mol. The average molecular weight is 298 g/mol. The molecule has 1 aromatic carbocycles. The summed E-state index contributed by atoms with van der Waals surface area (Å²) in [5, 5.41) is 3.13. The van der Waals surface area contributed by atoms with Crippen LogP contribution in [-0.4, -0.2) is 24.7 Å². The summed E-state index contributed by atoms with van der Waals surface area (Å²) < 4.78 is 33.1. The van der Waals surface area contributed by atoms with E-state index in [1.54, 1.807) is 6.92 Å². The minimum atomic E-state index is -0.591. The molecule has 0 aromatic heterocycles. The van der Waals surface area contributed by atoms with Crippen LogP contribution in [0.3, 0.4) is 0 Å². The van der Waals surface area contributed by atoms with Crippen molar-refractivity contribution in [3.63, 3.8) is 0 Å². The molecule has 1 saturated heterocycles. The van der Waals surface area contributed by atoms with Gasteiger partial charge in [-0.3, -0.25) is 4.79 Å². The van der Waals surface area contributed by atoms with Gasteiger partial charge in [-0.1, -0.05) is 6.07 Å². The molecule has 0 atom stereocenters. The van der Waals surface area contributed by atoms with E-state index in [-0.39, 0.29) is 18.5 Å². The van der Waals surface area contributed by atoms with Crippen molar-refractivity contribution in [3.8, 4) is 0 Å². The second kappa shape index (κ2) is 6.49. The van der Waals surface area contributed by atoms with Crippen molar-refractivity contribution < 1.29 is 18.3 Å². The zero-order valence-corrected chi connectivity index (χ0v) is 12.0. The number of rotatable bonds is 5. The molecule has 0 saturated carbocycles. The first-order chi connectivity index (χ1) is 9.93. The lowest BCUT2D eigenvalue weighted by Gasteiger charge is -2.37. The number of primary amides is 1. The largest absolute Gasteiger partial charge is 0.381 e. The van der Waals surface area contributed by atoms with Crippen molar-refractivity contribution in [3.05, 3.63) is 34.9 Å². The topological polar surface area (TPSA) is 64.3 Å². The van der Waals surface area contributed by atoms with Gasteiger partial charge in [0.2, 0.25) is 5.91 Å². The number of nitrogens with two attached hydrogens (primary N) is 1. The van der Waals surface area contributed by atoms with Crippen LogP contribution < -0.4 is 11.1 Å². The maximum absolute atomic E-state index is 14.0. The van der Waals surface area contributed by atoms with Gasteiger partial charge in [0.15, 0.2) is 0 Å². The summed E-state index contributed by atoms with van der Waals surface area (Å²) in [4.78, 5) is 11.3. The Bertz CT molecular complexity index is 529. The average Bonchev–Trinajstić information content (AvgIpc) is 2.43. The zero-order chi connectivity index (χ0) is 15.5. The molecule has 2 rings (SSSR count). The lowest BCUT2D eigenvalue weighted by atomic mass is 9.86. The van der Waals surface area contributed by atoms with Crippen LogP contribution in [-0.2, 0) is 16.1 Å². The third-order valence-electron chi connectivity index (χ3n) is 3.98. The number of ether oxygens (including phenoxy) is 1. The van der Waals surface area contributed by atoms with E-state index in [1.807, 2.05) is 0 Å². The van der Waals surface area contributed by atoms with Gasteiger partial charge >= 0.3 is 0 Å². The summed E-state index contributed by atoms with van der Waals surface area (Å²) in [6.45, 7) is 2.61. The summed E-state index contributed by atoms with van der Waals surface area (Å²) in [5.41, 5.74) is 5.13. The molecular formula is C15H20F2N2O2. The predicted octanol–water partition coefficient (Wildman–Crippen LogP) is 1.79. The van der Waals surface area contributed by atoms with Crippen molar-refractivity contribution in [2.24, 2.45) is 5.73 Å². The summed E-state index contributed by atoms with van der Waals surface area (Å²) in [6, 6.07) is 2.65. The number of hydrogen-bond acceptors (Lipinski definition) is 3. The van der Waals surface area contributed by atoms with Gasteiger partial charge in [-0.15, -0.1) is 0 Å². The second-order valence-corrected chi connectivity index (χ2v) is 5.55. The van der Waals surface area contributed by atoms with Crippen molar-refractivity contribution in [2.75, 3.05) is 13.2 Å². The summed E-state index contributed by atoms with van der Waals surface area (Å²) in [6.07, 6.45) is 1.31. The van der Waals surface area contributed by atoms with Crippen molar-refractivity contribution in [1.29, 1.82) is 0 Å². The first-order valence-corrected chi connectivity index (χ1v) is 6.98. The number of aryl methyl sites for hydroxylation is 1. The standard InChI is InChI=1S/C15H20F2N2O2/c1-10-2-3-12(16)11(14(10)17)9-19-15(8-13(18)20)4-6-21-7-5-15/h2-3,19H,4-9H2,1H3,(H2,18,20). The van der Waals surface area contributed by atoms with Crippen molar-refractivity contribution in [1.82, 2.24) is 5.32 Å². The third-order valence-corrected chi connectivity index (χ3v) is 3.98.